The fourth-order valence-electron chi connectivity index (χ4n) is 5.91. The number of benzene rings is 3. The maximum atomic E-state index is 13.4. The number of para-hydroxylation sites is 1. The van der Waals surface area contributed by atoms with Crippen LogP contribution in [-0.4, -0.2) is 44.1 Å². The van der Waals surface area contributed by atoms with Gasteiger partial charge in [-0.3, -0.25) is 4.79 Å². The Labute approximate surface area is 230 Å². The van der Waals surface area contributed by atoms with Crippen molar-refractivity contribution in [2.45, 2.75) is 58.2 Å². The molecule has 1 aliphatic heterocycles. The minimum atomic E-state index is 0.0484. The van der Waals surface area contributed by atoms with Gasteiger partial charge in [-0.1, -0.05) is 68.3 Å². The first-order valence-electron chi connectivity index (χ1n) is 14.3. The van der Waals surface area contributed by atoms with Crippen LogP contribution in [0.4, 0.5) is 0 Å². The quantitative estimate of drug-likeness (QED) is 0.239. The molecule has 3 aromatic carbocycles. The molecule has 200 valence electrons. The van der Waals surface area contributed by atoms with Gasteiger partial charge in [0.15, 0.2) is 5.82 Å². The highest BCUT2D eigenvalue weighted by atomic mass is 16.2. The van der Waals surface area contributed by atoms with Crippen LogP contribution in [0.25, 0.3) is 33.5 Å². The number of amides is 1. The Balaban J connectivity index is 1.46. The monoisotopic (exact) mass is 519 g/mol. The van der Waals surface area contributed by atoms with E-state index in [9.17, 15) is 4.79 Å². The predicted octanol–water partition coefficient (Wildman–Crippen LogP) is 6.46. The second kappa shape index (κ2) is 11.1. The number of nitrogens with two attached hydrogens (primary N) is 1. The smallest absolute Gasteiger partial charge is 0.253 e. The van der Waals surface area contributed by atoms with Gasteiger partial charge in [0.1, 0.15) is 0 Å². The van der Waals surface area contributed by atoms with Crippen LogP contribution in [0.1, 0.15) is 54.9 Å². The largest absolute Gasteiger partial charge is 0.337 e. The van der Waals surface area contributed by atoms with Gasteiger partial charge in [-0.25, -0.2) is 4.98 Å². The Morgan fingerprint density at radius 2 is 1.77 bits per heavy atom. The first kappa shape index (κ1) is 25.4. The molecule has 6 nitrogen and oxygen atoms in total. The lowest BCUT2D eigenvalue weighted by molar-refractivity contribution is 0.0709. The molecule has 0 bridgehead atoms. The highest BCUT2D eigenvalue weighted by molar-refractivity contribution is 5.98. The zero-order chi connectivity index (χ0) is 26.8. The molecule has 6 heteroatoms. The van der Waals surface area contributed by atoms with E-state index in [1.165, 1.54) is 16.5 Å². The predicted molar refractivity (Wildman–Crippen MR) is 159 cm³/mol. The molecule has 0 radical (unpaired) electrons. The summed E-state index contributed by atoms with van der Waals surface area (Å²) in [5, 5.41) is 1.20. The zero-order valence-corrected chi connectivity index (χ0v) is 22.7. The second-order valence-electron chi connectivity index (χ2n) is 10.8. The Morgan fingerprint density at radius 3 is 2.59 bits per heavy atom. The van der Waals surface area contributed by atoms with Crippen LogP contribution in [0.3, 0.4) is 0 Å². The van der Waals surface area contributed by atoms with Gasteiger partial charge in [0.05, 0.1) is 16.7 Å². The molecule has 2 N–H and O–H groups in total. The molecule has 1 aliphatic rings. The van der Waals surface area contributed by atoms with Crippen molar-refractivity contribution in [2.24, 2.45) is 5.73 Å². The number of rotatable bonds is 8. The van der Waals surface area contributed by atoms with Crippen LogP contribution < -0.4 is 5.73 Å². The van der Waals surface area contributed by atoms with Gasteiger partial charge in [-0.2, -0.15) is 0 Å². The lowest BCUT2D eigenvalue weighted by Crippen LogP contribution is -2.45. The van der Waals surface area contributed by atoms with E-state index in [0.29, 0.717) is 12.1 Å². The van der Waals surface area contributed by atoms with Crippen molar-refractivity contribution in [3.63, 3.8) is 0 Å². The lowest BCUT2D eigenvalue weighted by atomic mass is 10.1. The summed E-state index contributed by atoms with van der Waals surface area (Å²) in [4.78, 5) is 20.5. The number of fused-ring (bicyclic) bond motifs is 2. The molecule has 1 saturated heterocycles. The first-order chi connectivity index (χ1) is 19.1. The molecular weight excluding hydrogens is 482 g/mol. The number of hydrogen-bond donors (Lipinski definition) is 1. The summed E-state index contributed by atoms with van der Waals surface area (Å²) in [6, 6.07) is 27.5. The van der Waals surface area contributed by atoms with Crippen LogP contribution in [0.2, 0.25) is 0 Å². The fraction of sp³-hybridized carbons (Fsp3) is 0.333. The van der Waals surface area contributed by atoms with Crippen molar-refractivity contribution in [2.75, 3.05) is 13.1 Å². The minimum Gasteiger partial charge on any atom is -0.337 e. The number of imidazole rings is 1. The van der Waals surface area contributed by atoms with E-state index in [1.807, 2.05) is 17.0 Å². The number of hydrogen-bond acceptors (Lipinski definition) is 3. The van der Waals surface area contributed by atoms with Gasteiger partial charge in [0.2, 0.25) is 0 Å². The molecule has 1 fully saturated rings. The summed E-state index contributed by atoms with van der Waals surface area (Å²) in [6.07, 6.45) is 5.34. The van der Waals surface area contributed by atoms with Crippen molar-refractivity contribution >= 4 is 27.8 Å². The lowest BCUT2D eigenvalue weighted by Gasteiger charge is -2.30. The normalized spacial score (nSPS) is 15.8. The molecule has 1 atom stereocenters. The molecule has 1 amide bonds. The molecule has 0 aliphatic carbocycles. The molecule has 0 saturated carbocycles. The molecule has 2 aromatic heterocycles. The third-order valence-electron chi connectivity index (χ3n) is 7.95. The minimum absolute atomic E-state index is 0.0484. The third-order valence-corrected chi connectivity index (χ3v) is 7.95. The summed E-state index contributed by atoms with van der Waals surface area (Å²) in [7, 11) is 0. The summed E-state index contributed by atoms with van der Waals surface area (Å²) in [6.45, 7) is 5.27. The number of carbonyl (C=O) groups is 1. The third kappa shape index (κ3) is 5.09. The number of nitrogens with zero attached hydrogens (tertiary/aromatic N) is 4. The van der Waals surface area contributed by atoms with Crippen molar-refractivity contribution in [1.29, 1.82) is 0 Å². The number of aromatic nitrogens is 3. The Kier molecular flexibility index (Phi) is 7.20. The average molecular weight is 520 g/mol. The molecule has 39 heavy (non-hydrogen) atoms. The molecule has 3 heterocycles. The van der Waals surface area contributed by atoms with Gasteiger partial charge < -0.3 is 19.8 Å². The Hall–Kier alpha value is -3.90. The van der Waals surface area contributed by atoms with E-state index in [1.54, 1.807) is 0 Å². The zero-order valence-electron chi connectivity index (χ0n) is 22.7. The number of piperidine rings is 1. The van der Waals surface area contributed by atoms with Crippen molar-refractivity contribution in [1.82, 2.24) is 19.0 Å². The fourth-order valence-corrected chi connectivity index (χ4v) is 5.91. The van der Waals surface area contributed by atoms with Gasteiger partial charge in [-0.15, -0.1) is 0 Å². The Bertz CT molecular complexity index is 1600. The van der Waals surface area contributed by atoms with Crippen LogP contribution in [-0.2, 0) is 13.1 Å². The van der Waals surface area contributed by atoms with Gasteiger partial charge >= 0.3 is 0 Å². The van der Waals surface area contributed by atoms with Crippen molar-refractivity contribution in [3.05, 3.63) is 90.0 Å². The topological polar surface area (TPSA) is 69.1 Å². The van der Waals surface area contributed by atoms with Crippen LogP contribution in [0.15, 0.2) is 78.9 Å². The van der Waals surface area contributed by atoms with E-state index >= 15 is 0 Å². The van der Waals surface area contributed by atoms with Crippen LogP contribution in [0, 0.1) is 0 Å². The van der Waals surface area contributed by atoms with Crippen molar-refractivity contribution in [3.8, 4) is 11.5 Å². The average Bonchev–Trinajstić information content (AvgIpc) is 3.51. The molecular formula is C33H37N5O. The number of likely N-dealkylation sites (tertiary alicyclic amines) is 1. The van der Waals surface area contributed by atoms with Crippen LogP contribution >= 0.6 is 0 Å². The van der Waals surface area contributed by atoms with E-state index in [-0.39, 0.29) is 11.9 Å². The summed E-state index contributed by atoms with van der Waals surface area (Å²) in [5.41, 5.74) is 12.3. The standard InChI is InChI=1S/C33H37N5O/c1-2-3-9-19-37-30-17-16-26(33(39)36-18-10-14-27(34)23-36)20-28(30)35-32(37)31-21-25-13-7-8-15-29(25)38(31)22-24-11-5-4-6-12-24/h4-8,11-13,15-17,20-21,27H,2-3,9-10,14,18-19,22-23,34H2,1H3/t27-/m1/s1. The van der Waals surface area contributed by atoms with Gasteiger partial charge in [0, 0.05) is 48.7 Å². The number of carbonyl (C=O) groups excluding carboxylic acids is 1. The number of unbranched alkanes of at least 4 members (excludes halogenated alkanes) is 2. The SMILES string of the molecule is CCCCCn1c(-c2cc3ccccc3n2Cc2ccccc2)nc2cc(C(=O)N3CCC[C@@H](N)C3)ccc21. The molecule has 0 spiro atoms. The maximum Gasteiger partial charge on any atom is 0.253 e. The van der Waals surface area contributed by atoms with Gasteiger partial charge in [0.25, 0.3) is 5.91 Å². The molecule has 0 unspecified atom stereocenters. The van der Waals surface area contributed by atoms with Gasteiger partial charge in [-0.05, 0) is 55.2 Å². The Morgan fingerprint density at radius 1 is 0.949 bits per heavy atom. The van der Waals surface area contributed by atoms with Crippen LogP contribution in [0.5, 0.6) is 0 Å². The maximum absolute atomic E-state index is 13.4. The summed E-state index contributed by atoms with van der Waals surface area (Å²) in [5.74, 6) is 1.00. The van der Waals surface area contributed by atoms with E-state index < -0.39 is 0 Å². The van der Waals surface area contributed by atoms with E-state index in [2.05, 4.69) is 82.8 Å². The number of aryl methyl sites for hydroxylation is 1. The summed E-state index contributed by atoms with van der Waals surface area (Å²) >= 11 is 0. The summed E-state index contributed by atoms with van der Waals surface area (Å²) < 4.78 is 4.73. The first-order valence-corrected chi connectivity index (χ1v) is 14.3. The van der Waals surface area contributed by atoms with Crippen molar-refractivity contribution < 1.29 is 4.79 Å². The second-order valence-corrected chi connectivity index (χ2v) is 10.8. The van der Waals surface area contributed by atoms with E-state index in [0.717, 1.165) is 74.3 Å². The molecule has 6 rings (SSSR count). The molecule has 5 aromatic rings. The highest BCUT2D eigenvalue weighted by Crippen LogP contribution is 2.32. The van der Waals surface area contributed by atoms with E-state index in [4.69, 9.17) is 10.7 Å². The highest BCUT2D eigenvalue weighted by Gasteiger charge is 2.24.